The summed E-state index contributed by atoms with van der Waals surface area (Å²) in [5, 5.41) is 0. The van der Waals surface area contributed by atoms with Gasteiger partial charge in [-0.15, -0.1) is 0 Å². The average molecular weight is 422 g/mol. The Bertz CT molecular complexity index is 993. The summed E-state index contributed by atoms with van der Waals surface area (Å²) in [6.07, 6.45) is 0. The number of hydrogen-bond donors (Lipinski definition) is 0. The van der Waals surface area contributed by atoms with E-state index in [0.29, 0.717) is 67.8 Å². The van der Waals surface area contributed by atoms with Gasteiger partial charge in [-0.05, 0) is 43.7 Å². The van der Waals surface area contributed by atoms with Crippen LogP contribution in [0.15, 0.2) is 54.2 Å². The van der Waals surface area contributed by atoms with Gasteiger partial charge in [0.25, 0.3) is 11.8 Å². The molecule has 162 valence electrons. The molecule has 2 heterocycles. The molecule has 2 aliphatic heterocycles. The molecule has 0 saturated carbocycles. The Morgan fingerprint density at radius 3 is 2.23 bits per heavy atom. The van der Waals surface area contributed by atoms with E-state index in [1.54, 1.807) is 18.2 Å². The number of ether oxygens (including phenoxy) is 3. The molecule has 2 aliphatic rings. The molecule has 0 atom stereocenters. The molecular weight excluding hydrogens is 396 g/mol. The molecule has 0 N–H and O–H groups in total. The number of anilines is 1. The highest BCUT2D eigenvalue weighted by atomic mass is 16.5. The smallest absolute Gasteiger partial charge is 0.282 e. The third-order valence-corrected chi connectivity index (χ3v) is 5.23. The Morgan fingerprint density at radius 1 is 0.871 bits per heavy atom. The number of morpholine rings is 1. The van der Waals surface area contributed by atoms with Crippen LogP contribution >= 0.6 is 0 Å². The molecule has 2 aromatic carbocycles. The number of carbonyl (C=O) groups is 2. The van der Waals surface area contributed by atoms with E-state index in [-0.39, 0.29) is 11.8 Å². The van der Waals surface area contributed by atoms with Crippen LogP contribution in [0.2, 0.25) is 0 Å². The monoisotopic (exact) mass is 422 g/mol. The van der Waals surface area contributed by atoms with Crippen LogP contribution in [-0.4, -0.2) is 56.2 Å². The molecule has 2 amide bonds. The van der Waals surface area contributed by atoms with Crippen molar-refractivity contribution in [3.8, 4) is 11.5 Å². The lowest BCUT2D eigenvalue weighted by atomic mass is 10.0. The van der Waals surface area contributed by atoms with Gasteiger partial charge < -0.3 is 19.1 Å². The molecule has 0 aromatic heterocycles. The van der Waals surface area contributed by atoms with E-state index < -0.39 is 0 Å². The maximum Gasteiger partial charge on any atom is 0.282 e. The first-order chi connectivity index (χ1) is 15.1. The fourth-order valence-corrected chi connectivity index (χ4v) is 3.86. The maximum absolute atomic E-state index is 13.6. The molecule has 0 radical (unpaired) electrons. The van der Waals surface area contributed by atoms with E-state index in [1.807, 2.05) is 49.1 Å². The summed E-state index contributed by atoms with van der Waals surface area (Å²) in [6.45, 7) is 7.01. The van der Waals surface area contributed by atoms with Crippen molar-refractivity contribution in [3.63, 3.8) is 0 Å². The topological polar surface area (TPSA) is 68.3 Å². The molecule has 1 saturated heterocycles. The van der Waals surface area contributed by atoms with Gasteiger partial charge in [-0.25, -0.2) is 4.90 Å². The van der Waals surface area contributed by atoms with Gasteiger partial charge in [0.15, 0.2) is 0 Å². The standard InChI is InChI=1S/C24H26N2O5/c1-3-30-19-10-8-17(9-11-19)21-22(25-12-14-29-15-13-25)24(28)26(23(21)27)18-6-5-7-20(16-18)31-4-2/h5-11,16H,3-4,12-15H2,1-2H3. The second kappa shape index (κ2) is 9.22. The van der Waals surface area contributed by atoms with Crippen molar-refractivity contribution in [2.24, 2.45) is 0 Å². The molecule has 0 aliphatic carbocycles. The predicted molar refractivity (Wildman–Crippen MR) is 117 cm³/mol. The van der Waals surface area contributed by atoms with Gasteiger partial charge in [0.05, 0.1) is 37.7 Å². The van der Waals surface area contributed by atoms with Gasteiger partial charge in [-0.1, -0.05) is 18.2 Å². The normalized spacial score (nSPS) is 16.8. The predicted octanol–water partition coefficient (Wildman–Crippen LogP) is 3.10. The number of nitrogens with zero attached hydrogens (tertiary/aromatic N) is 2. The van der Waals surface area contributed by atoms with Crippen molar-refractivity contribution in [3.05, 3.63) is 59.8 Å². The third-order valence-electron chi connectivity index (χ3n) is 5.23. The van der Waals surface area contributed by atoms with Crippen molar-refractivity contribution in [2.75, 3.05) is 44.4 Å². The Kier molecular flexibility index (Phi) is 6.23. The molecule has 0 bridgehead atoms. The van der Waals surface area contributed by atoms with Crippen LogP contribution in [0.25, 0.3) is 5.57 Å². The molecule has 1 fully saturated rings. The van der Waals surface area contributed by atoms with Crippen molar-refractivity contribution in [2.45, 2.75) is 13.8 Å². The van der Waals surface area contributed by atoms with Crippen LogP contribution in [0, 0.1) is 0 Å². The van der Waals surface area contributed by atoms with Gasteiger partial charge in [-0.3, -0.25) is 9.59 Å². The zero-order chi connectivity index (χ0) is 21.8. The number of amides is 2. The Balaban J connectivity index is 1.76. The van der Waals surface area contributed by atoms with Gasteiger partial charge in [-0.2, -0.15) is 0 Å². The van der Waals surface area contributed by atoms with E-state index in [1.165, 1.54) is 4.90 Å². The minimum Gasteiger partial charge on any atom is -0.494 e. The lowest BCUT2D eigenvalue weighted by molar-refractivity contribution is -0.121. The van der Waals surface area contributed by atoms with E-state index in [0.717, 1.165) is 5.75 Å². The fraction of sp³-hybridized carbons (Fsp3) is 0.333. The van der Waals surface area contributed by atoms with Gasteiger partial charge in [0.2, 0.25) is 0 Å². The van der Waals surface area contributed by atoms with Crippen LogP contribution in [0.4, 0.5) is 5.69 Å². The summed E-state index contributed by atoms with van der Waals surface area (Å²) in [4.78, 5) is 30.3. The number of rotatable bonds is 7. The summed E-state index contributed by atoms with van der Waals surface area (Å²) < 4.78 is 16.5. The maximum atomic E-state index is 13.6. The van der Waals surface area contributed by atoms with Crippen LogP contribution in [0.3, 0.4) is 0 Å². The van der Waals surface area contributed by atoms with Crippen LogP contribution in [-0.2, 0) is 14.3 Å². The van der Waals surface area contributed by atoms with Crippen molar-refractivity contribution in [1.82, 2.24) is 4.90 Å². The average Bonchev–Trinajstić information content (AvgIpc) is 3.05. The molecule has 31 heavy (non-hydrogen) atoms. The minimum absolute atomic E-state index is 0.329. The first kappa shape index (κ1) is 20.9. The van der Waals surface area contributed by atoms with E-state index in [2.05, 4.69) is 0 Å². The van der Waals surface area contributed by atoms with Gasteiger partial charge >= 0.3 is 0 Å². The molecular formula is C24H26N2O5. The minimum atomic E-state index is -0.343. The summed E-state index contributed by atoms with van der Waals surface area (Å²) in [5.74, 6) is 0.662. The molecule has 4 rings (SSSR count). The first-order valence-corrected chi connectivity index (χ1v) is 10.6. The third kappa shape index (κ3) is 4.14. The van der Waals surface area contributed by atoms with Gasteiger partial charge in [0, 0.05) is 19.2 Å². The molecule has 0 spiro atoms. The highest BCUT2D eigenvalue weighted by Crippen LogP contribution is 2.36. The van der Waals surface area contributed by atoms with Crippen molar-refractivity contribution < 1.29 is 23.8 Å². The molecule has 7 nitrogen and oxygen atoms in total. The van der Waals surface area contributed by atoms with E-state index in [9.17, 15) is 9.59 Å². The SMILES string of the molecule is CCOc1ccc(C2=C(N3CCOCC3)C(=O)N(c3cccc(OCC)c3)C2=O)cc1. The Morgan fingerprint density at radius 2 is 1.55 bits per heavy atom. The summed E-state index contributed by atoms with van der Waals surface area (Å²) in [5.41, 5.74) is 2.00. The van der Waals surface area contributed by atoms with E-state index in [4.69, 9.17) is 14.2 Å². The highest BCUT2D eigenvalue weighted by Gasteiger charge is 2.42. The zero-order valence-electron chi connectivity index (χ0n) is 17.8. The number of carbonyl (C=O) groups excluding carboxylic acids is 2. The van der Waals surface area contributed by atoms with E-state index >= 15 is 0 Å². The van der Waals surface area contributed by atoms with Crippen LogP contribution in [0.5, 0.6) is 11.5 Å². The fourth-order valence-electron chi connectivity index (χ4n) is 3.86. The number of hydrogen-bond acceptors (Lipinski definition) is 6. The second-order valence-corrected chi connectivity index (χ2v) is 7.16. The Labute approximate surface area is 181 Å². The molecule has 0 unspecified atom stereocenters. The zero-order valence-corrected chi connectivity index (χ0v) is 17.8. The van der Waals surface area contributed by atoms with Crippen LogP contribution in [0.1, 0.15) is 19.4 Å². The highest BCUT2D eigenvalue weighted by molar-refractivity contribution is 6.45. The van der Waals surface area contributed by atoms with Crippen molar-refractivity contribution in [1.29, 1.82) is 0 Å². The second-order valence-electron chi connectivity index (χ2n) is 7.16. The number of imide groups is 1. The lowest BCUT2D eigenvalue weighted by Gasteiger charge is -2.29. The van der Waals surface area contributed by atoms with Crippen LogP contribution < -0.4 is 14.4 Å². The summed E-state index contributed by atoms with van der Waals surface area (Å²) >= 11 is 0. The lowest BCUT2D eigenvalue weighted by Crippen LogP contribution is -2.40. The largest absolute Gasteiger partial charge is 0.494 e. The number of benzene rings is 2. The summed E-state index contributed by atoms with van der Waals surface area (Å²) in [6, 6.07) is 14.3. The molecule has 7 heteroatoms. The van der Waals surface area contributed by atoms with Crippen molar-refractivity contribution >= 4 is 23.1 Å². The Hall–Kier alpha value is -3.32. The molecule has 2 aromatic rings. The first-order valence-electron chi connectivity index (χ1n) is 10.6. The summed E-state index contributed by atoms with van der Waals surface area (Å²) in [7, 11) is 0. The van der Waals surface area contributed by atoms with Gasteiger partial charge in [0.1, 0.15) is 17.2 Å². The quantitative estimate of drug-likeness (QED) is 0.639.